The van der Waals surface area contributed by atoms with Gasteiger partial charge in [0.2, 0.25) is 0 Å². The molecule has 70 valence electrons. The van der Waals surface area contributed by atoms with Gasteiger partial charge >= 0.3 is 0 Å². The van der Waals surface area contributed by atoms with Crippen LogP contribution in [0.3, 0.4) is 0 Å². The summed E-state index contributed by atoms with van der Waals surface area (Å²) in [7, 11) is 0. The van der Waals surface area contributed by atoms with Gasteiger partial charge in [0, 0.05) is 10.6 Å². The monoisotopic (exact) mass is 259 g/mol. The highest BCUT2D eigenvalue weighted by Gasteiger charge is 2.16. The van der Waals surface area contributed by atoms with E-state index in [1.807, 2.05) is 0 Å². The Kier molecular flexibility index (Phi) is 3.39. The van der Waals surface area contributed by atoms with Crippen LogP contribution in [-0.4, -0.2) is 10.6 Å². The number of benzene rings is 1. The second-order valence-corrected chi connectivity index (χ2v) is 4.58. The first-order valence-corrected chi connectivity index (χ1v) is 5.16. The summed E-state index contributed by atoms with van der Waals surface area (Å²) < 4.78 is 0. The van der Waals surface area contributed by atoms with Crippen LogP contribution in [0.1, 0.15) is 17.3 Å². The molecule has 0 aliphatic carbocycles. The minimum absolute atomic E-state index is 0.0388. The molecular weight excluding hydrogens is 250 g/mol. The van der Waals surface area contributed by atoms with Gasteiger partial charge in [-0.25, -0.2) is 0 Å². The highest BCUT2D eigenvalue weighted by molar-refractivity contribution is 9.10. The summed E-state index contributed by atoms with van der Waals surface area (Å²) in [6.07, 6.45) is 0. The molecule has 13 heavy (non-hydrogen) atoms. The second kappa shape index (κ2) is 4.15. The number of carbonyl (C=O) groups is 1. The number of carbonyl (C=O) groups excluding carboxylic acids is 1. The first-order chi connectivity index (χ1) is 6.04. The summed E-state index contributed by atoms with van der Waals surface area (Å²) in [5, 5.41) is 0. The molecule has 0 radical (unpaired) electrons. The van der Waals surface area contributed by atoms with Crippen molar-refractivity contribution in [3.63, 3.8) is 0 Å². The third-order valence-corrected chi connectivity index (χ3v) is 2.47. The molecule has 0 bridgehead atoms. The maximum atomic E-state index is 11.6. The van der Waals surface area contributed by atoms with E-state index < -0.39 is 0 Å². The van der Waals surface area contributed by atoms with E-state index in [0.717, 1.165) is 0 Å². The number of ketones is 1. The van der Waals surface area contributed by atoms with Gasteiger partial charge in [0.05, 0.1) is 10.4 Å². The van der Waals surface area contributed by atoms with E-state index in [1.165, 1.54) is 0 Å². The summed E-state index contributed by atoms with van der Waals surface area (Å²) in [4.78, 5) is 12.0. The SMILES string of the molecule is CC(Br)C(=O)c1c(N)cccc1S. The highest BCUT2D eigenvalue weighted by atomic mass is 79.9. The lowest BCUT2D eigenvalue weighted by molar-refractivity contribution is 0.0994. The van der Waals surface area contributed by atoms with E-state index in [0.29, 0.717) is 16.1 Å². The quantitative estimate of drug-likeness (QED) is 0.371. The maximum Gasteiger partial charge on any atom is 0.179 e. The van der Waals surface area contributed by atoms with Gasteiger partial charge in [-0.1, -0.05) is 22.0 Å². The molecule has 0 aliphatic rings. The molecule has 1 aromatic rings. The van der Waals surface area contributed by atoms with Crippen LogP contribution >= 0.6 is 28.6 Å². The molecule has 0 aromatic heterocycles. The van der Waals surface area contributed by atoms with Gasteiger partial charge < -0.3 is 5.73 Å². The number of hydrogen-bond donors (Lipinski definition) is 2. The van der Waals surface area contributed by atoms with Crippen molar-refractivity contribution >= 4 is 40.0 Å². The van der Waals surface area contributed by atoms with Crippen LogP contribution in [0, 0.1) is 0 Å². The van der Waals surface area contributed by atoms with Gasteiger partial charge in [0.25, 0.3) is 0 Å². The minimum atomic E-state index is -0.233. The van der Waals surface area contributed by atoms with Crippen LogP contribution in [0.2, 0.25) is 0 Å². The van der Waals surface area contributed by atoms with Gasteiger partial charge in [-0.15, -0.1) is 12.6 Å². The smallest absolute Gasteiger partial charge is 0.179 e. The van der Waals surface area contributed by atoms with E-state index in [4.69, 9.17) is 5.73 Å². The normalized spacial score (nSPS) is 12.5. The molecule has 2 nitrogen and oxygen atoms in total. The van der Waals surface area contributed by atoms with E-state index in [2.05, 4.69) is 28.6 Å². The number of nitrogen functional groups attached to an aromatic ring is 1. The number of rotatable bonds is 2. The molecule has 0 saturated carbocycles. The minimum Gasteiger partial charge on any atom is -0.398 e. The Morgan fingerprint density at radius 3 is 2.69 bits per heavy atom. The number of thiol groups is 1. The third kappa shape index (κ3) is 2.25. The molecule has 0 fully saturated rings. The molecule has 0 amide bonds. The van der Waals surface area contributed by atoms with Crippen molar-refractivity contribution < 1.29 is 4.79 Å². The number of nitrogens with two attached hydrogens (primary N) is 1. The average molecular weight is 260 g/mol. The zero-order valence-corrected chi connectivity index (χ0v) is 9.60. The summed E-state index contributed by atoms with van der Waals surface area (Å²) in [6, 6.07) is 5.22. The van der Waals surface area contributed by atoms with Crippen molar-refractivity contribution in [3.05, 3.63) is 23.8 Å². The van der Waals surface area contributed by atoms with Crippen molar-refractivity contribution in [2.24, 2.45) is 0 Å². The Labute approximate surface area is 91.1 Å². The van der Waals surface area contributed by atoms with Crippen molar-refractivity contribution in [1.29, 1.82) is 0 Å². The Morgan fingerprint density at radius 2 is 2.23 bits per heavy atom. The topological polar surface area (TPSA) is 43.1 Å². The van der Waals surface area contributed by atoms with E-state index in [1.54, 1.807) is 25.1 Å². The van der Waals surface area contributed by atoms with Gasteiger partial charge in [-0.05, 0) is 19.1 Å². The van der Waals surface area contributed by atoms with E-state index >= 15 is 0 Å². The summed E-state index contributed by atoms with van der Waals surface area (Å²) in [5.74, 6) is -0.0388. The lowest BCUT2D eigenvalue weighted by atomic mass is 10.1. The van der Waals surface area contributed by atoms with Crippen LogP contribution in [0.25, 0.3) is 0 Å². The van der Waals surface area contributed by atoms with Crippen LogP contribution in [-0.2, 0) is 0 Å². The van der Waals surface area contributed by atoms with Crippen molar-refractivity contribution in [2.45, 2.75) is 16.6 Å². The molecule has 0 saturated heterocycles. The maximum absolute atomic E-state index is 11.6. The molecule has 1 aromatic carbocycles. The van der Waals surface area contributed by atoms with Gasteiger partial charge in [-0.2, -0.15) is 0 Å². The van der Waals surface area contributed by atoms with Crippen LogP contribution < -0.4 is 5.73 Å². The molecule has 0 heterocycles. The molecule has 1 unspecified atom stereocenters. The largest absolute Gasteiger partial charge is 0.398 e. The van der Waals surface area contributed by atoms with Crippen molar-refractivity contribution in [3.8, 4) is 0 Å². The summed E-state index contributed by atoms with van der Waals surface area (Å²) >= 11 is 7.39. The number of halogens is 1. The average Bonchev–Trinajstić information content (AvgIpc) is 2.03. The lowest BCUT2D eigenvalue weighted by Gasteiger charge is -2.08. The van der Waals surface area contributed by atoms with Crippen LogP contribution in [0.15, 0.2) is 23.1 Å². The second-order valence-electron chi connectivity index (χ2n) is 2.72. The van der Waals surface area contributed by atoms with Crippen LogP contribution in [0.4, 0.5) is 5.69 Å². The summed E-state index contributed by atoms with van der Waals surface area (Å²) in [6.45, 7) is 1.77. The molecular formula is C9H10BrNOS. The summed E-state index contributed by atoms with van der Waals surface area (Å²) in [5.41, 5.74) is 6.64. The fourth-order valence-electron chi connectivity index (χ4n) is 1.02. The Bertz CT molecular complexity index is 318. The number of Topliss-reactive ketones (excluding diaryl/α,β-unsaturated/α-hetero) is 1. The molecule has 1 rings (SSSR count). The number of alkyl halides is 1. The molecule has 0 aliphatic heterocycles. The van der Waals surface area contributed by atoms with E-state index in [9.17, 15) is 4.79 Å². The Morgan fingerprint density at radius 1 is 1.62 bits per heavy atom. The Hall–Kier alpha value is -0.480. The van der Waals surface area contributed by atoms with E-state index in [-0.39, 0.29) is 10.6 Å². The third-order valence-electron chi connectivity index (χ3n) is 1.68. The van der Waals surface area contributed by atoms with Gasteiger partial charge in [-0.3, -0.25) is 4.79 Å². The Balaban J connectivity index is 3.20. The highest BCUT2D eigenvalue weighted by Crippen LogP contribution is 2.23. The van der Waals surface area contributed by atoms with Crippen LogP contribution in [0.5, 0.6) is 0 Å². The molecule has 2 N–H and O–H groups in total. The fraction of sp³-hybridized carbons (Fsp3) is 0.222. The zero-order valence-electron chi connectivity index (χ0n) is 7.12. The molecule has 4 heteroatoms. The molecule has 1 atom stereocenters. The number of hydrogen-bond acceptors (Lipinski definition) is 3. The lowest BCUT2D eigenvalue weighted by Crippen LogP contribution is -2.13. The van der Waals surface area contributed by atoms with Crippen molar-refractivity contribution in [2.75, 3.05) is 5.73 Å². The van der Waals surface area contributed by atoms with Gasteiger partial charge in [0.1, 0.15) is 0 Å². The van der Waals surface area contributed by atoms with Crippen molar-refractivity contribution in [1.82, 2.24) is 0 Å². The fourth-order valence-corrected chi connectivity index (χ4v) is 1.58. The predicted octanol–water partition coefficient (Wildman–Crippen LogP) is 2.52. The first-order valence-electron chi connectivity index (χ1n) is 3.79. The zero-order chi connectivity index (χ0) is 10.0. The van der Waals surface area contributed by atoms with Gasteiger partial charge in [0.15, 0.2) is 5.78 Å². The predicted molar refractivity (Wildman–Crippen MR) is 60.8 cm³/mol. The number of anilines is 1. The first kappa shape index (κ1) is 10.6. The standard InChI is InChI=1S/C9H10BrNOS/c1-5(10)9(12)8-6(11)3-2-4-7(8)13/h2-5,13H,11H2,1H3. The molecule has 0 spiro atoms.